The Hall–Kier alpha value is -1.71. The van der Waals surface area contributed by atoms with Crippen molar-refractivity contribution < 1.29 is 15.0 Å². The van der Waals surface area contributed by atoms with E-state index in [-0.39, 0.29) is 17.0 Å². The molecule has 0 spiro atoms. The van der Waals surface area contributed by atoms with Crippen molar-refractivity contribution in [3.63, 3.8) is 0 Å². The van der Waals surface area contributed by atoms with Gasteiger partial charge in [-0.3, -0.25) is 0 Å². The molecule has 0 saturated carbocycles. The summed E-state index contributed by atoms with van der Waals surface area (Å²) in [4.78, 5) is 10.5. The topological polar surface area (TPSA) is 83.6 Å². The number of aromatic carboxylic acids is 1. The highest BCUT2D eigenvalue weighted by Crippen LogP contribution is 2.24. The molecule has 0 atom stereocenters. The second kappa shape index (κ2) is 2.73. The van der Waals surface area contributed by atoms with Crippen molar-refractivity contribution in [2.24, 2.45) is 0 Å². The molecule has 12 heavy (non-hydrogen) atoms. The van der Waals surface area contributed by atoms with Crippen LogP contribution in [0.4, 0.5) is 5.69 Å². The number of hydrogen-bond acceptors (Lipinski definition) is 3. The van der Waals surface area contributed by atoms with Crippen LogP contribution in [0.2, 0.25) is 0 Å². The highest BCUT2D eigenvalue weighted by atomic mass is 16.4. The molecule has 4 N–H and O–H groups in total. The van der Waals surface area contributed by atoms with E-state index in [1.807, 2.05) is 0 Å². The average molecular weight is 167 g/mol. The maximum absolute atomic E-state index is 10.5. The van der Waals surface area contributed by atoms with Crippen molar-refractivity contribution in [1.82, 2.24) is 0 Å². The predicted molar refractivity (Wildman–Crippen MR) is 44.2 cm³/mol. The molecule has 4 heteroatoms. The first-order valence-corrected chi connectivity index (χ1v) is 3.34. The van der Waals surface area contributed by atoms with Crippen LogP contribution in [-0.2, 0) is 0 Å². The van der Waals surface area contributed by atoms with E-state index in [2.05, 4.69) is 0 Å². The zero-order valence-corrected chi connectivity index (χ0v) is 6.53. The lowest BCUT2D eigenvalue weighted by Crippen LogP contribution is -1.99. The summed E-state index contributed by atoms with van der Waals surface area (Å²) in [5, 5.41) is 17.7. The van der Waals surface area contributed by atoms with Crippen LogP contribution in [0.15, 0.2) is 12.1 Å². The van der Waals surface area contributed by atoms with Crippen LogP contribution >= 0.6 is 0 Å². The lowest BCUT2D eigenvalue weighted by molar-refractivity contribution is 0.0696. The van der Waals surface area contributed by atoms with Gasteiger partial charge in [0.25, 0.3) is 0 Å². The molecule has 0 aliphatic rings. The summed E-state index contributed by atoms with van der Waals surface area (Å²) in [7, 11) is 0. The predicted octanol–water partition coefficient (Wildman–Crippen LogP) is 0.981. The Labute approximate surface area is 69.3 Å². The number of hydrogen-bond donors (Lipinski definition) is 3. The first kappa shape index (κ1) is 8.39. The molecule has 4 nitrogen and oxygen atoms in total. The van der Waals surface area contributed by atoms with Gasteiger partial charge in [-0.2, -0.15) is 0 Å². The maximum Gasteiger partial charge on any atom is 0.335 e. The number of anilines is 1. The minimum atomic E-state index is -1.10. The number of aromatic hydroxyl groups is 1. The third-order valence-electron chi connectivity index (χ3n) is 1.67. The van der Waals surface area contributed by atoms with Crippen molar-refractivity contribution in [2.75, 3.05) is 5.73 Å². The van der Waals surface area contributed by atoms with Crippen LogP contribution in [0.3, 0.4) is 0 Å². The van der Waals surface area contributed by atoms with Gasteiger partial charge in [0.15, 0.2) is 0 Å². The van der Waals surface area contributed by atoms with Gasteiger partial charge in [0.1, 0.15) is 5.75 Å². The first-order valence-electron chi connectivity index (χ1n) is 3.34. The number of carbonyl (C=O) groups is 1. The van der Waals surface area contributed by atoms with E-state index < -0.39 is 5.97 Å². The molecular weight excluding hydrogens is 158 g/mol. The Kier molecular flexibility index (Phi) is 1.91. The first-order chi connectivity index (χ1) is 5.52. The minimum Gasteiger partial charge on any atom is -0.508 e. The average Bonchev–Trinajstić information content (AvgIpc) is 1.99. The molecule has 0 saturated heterocycles. The van der Waals surface area contributed by atoms with Gasteiger partial charge in [-0.05, 0) is 19.1 Å². The number of nitrogen functional groups attached to an aromatic ring is 1. The fraction of sp³-hybridized carbons (Fsp3) is 0.125. The number of benzene rings is 1. The lowest BCUT2D eigenvalue weighted by atomic mass is 10.1. The van der Waals surface area contributed by atoms with E-state index in [9.17, 15) is 9.90 Å². The number of phenols is 1. The summed E-state index contributed by atoms with van der Waals surface area (Å²) in [6.07, 6.45) is 0. The van der Waals surface area contributed by atoms with Gasteiger partial charge in [-0.15, -0.1) is 0 Å². The van der Waals surface area contributed by atoms with Gasteiger partial charge < -0.3 is 15.9 Å². The number of phenolic OH excluding ortho intramolecular Hbond substituents is 1. The zero-order chi connectivity index (χ0) is 9.30. The number of carboxylic acid groups (broad SMARTS) is 1. The quantitative estimate of drug-likeness (QED) is 0.544. The van der Waals surface area contributed by atoms with Crippen LogP contribution in [0.1, 0.15) is 15.9 Å². The highest BCUT2D eigenvalue weighted by Gasteiger charge is 2.08. The standard InChI is InChI=1S/C8H9NO3/c1-4-6(9)2-5(8(11)12)3-7(4)10/h2-3,10H,9H2,1H3,(H,11,12). The second-order valence-electron chi connectivity index (χ2n) is 2.51. The normalized spacial score (nSPS) is 9.75. The fourth-order valence-electron chi connectivity index (χ4n) is 0.844. The van der Waals surface area contributed by atoms with Gasteiger partial charge in [-0.1, -0.05) is 0 Å². The number of carboxylic acids is 1. The third kappa shape index (κ3) is 1.32. The van der Waals surface area contributed by atoms with Crippen molar-refractivity contribution in [3.8, 4) is 5.75 Å². The van der Waals surface area contributed by atoms with E-state index in [0.717, 1.165) is 0 Å². The van der Waals surface area contributed by atoms with E-state index >= 15 is 0 Å². The second-order valence-corrected chi connectivity index (χ2v) is 2.51. The van der Waals surface area contributed by atoms with Crippen molar-refractivity contribution in [1.29, 1.82) is 0 Å². The SMILES string of the molecule is Cc1c(N)cc(C(=O)O)cc1O. The van der Waals surface area contributed by atoms with Crippen LogP contribution in [-0.4, -0.2) is 16.2 Å². The number of rotatable bonds is 1. The zero-order valence-electron chi connectivity index (χ0n) is 6.53. The molecule has 1 aromatic carbocycles. The molecule has 0 unspecified atom stereocenters. The van der Waals surface area contributed by atoms with Crippen LogP contribution in [0.25, 0.3) is 0 Å². The molecule has 1 aromatic rings. The molecule has 1 rings (SSSR count). The Bertz CT molecular complexity index is 310. The van der Waals surface area contributed by atoms with E-state index in [1.165, 1.54) is 12.1 Å². The molecule has 0 radical (unpaired) electrons. The molecule has 0 aromatic heterocycles. The van der Waals surface area contributed by atoms with Gasteiger partial charge in [0, 0.05) is 11.3 Å². The summed E-state index contributed by atoms with van der Waals surface area (Å²) in [5.74, 6) is -1.19. The van der Waals surface area contributed by atoms with Crippen molar-refractivity contribution in [2.45, 2.75) is 6.92 Å². The lowest BCUT2D eigenvalue weighted by Gasteiger charge is -2.03. The molecule has 0 fully saturated rings. The maximum atomic E-state index is 10.5. The molecule has 0 bridgehead atoms. The smallest absolute Gasteiger partial charge is 0.335 e. The van der Waals surface area contributed by atoms with Crippen LogP contribution < -0.4 is 5.73 Å². The Morgan fingerprint density at radius 1 is 1.50 bits per heavy atom. The Morgan fingerprint density at radius 3 is 2.50 bits per heavy atom. The van der Waals surface area contributed by atoms with Gasteiger partial charge >= 0.3 is 5.97 Å². The van der Waals surface area contributed by atoms with Crippen LogP contribution in [0, 0.1) is 6.92 Å². The highest BCUT2D eigenvalue weighted by molar-refractivity contribution is 5.89. The summed E-state index contributed by atoms with van der Waals surface area (Å²) in [6, 6.07) is 2.49. The van der Waals surface area contributed by atoms with E-state index in [0.29, 0.717) is 5.56 Å². The van der Waals surface area contributed by atoms with Gasteiger partial charge in [0.05, 0.1) is 5.56 Å². The van der Waals surface area contributed by atoms with Crippen LogP contribution in [0.5, 0.6) is 5.75 Å². The summed E-state index contributed by atoms with van der Waals surface area (Å²) < 4.78 is 0. The monoisotopic (exact) mass is 167 g/mol. The van der Waals surface area contributed by atoms with Crippen molar-refractivity contribution in [3.05, 3.63) is 23.3 Å². The number of nitrogens with two attached hydrogens (primary N) is 1. The molecule has 0 amide bonds. The summed E-state index contributed by atoms with van der Waals surface area (Å²) in [5.41, 5.74) is 6.22. The summed E-state index contributed by atoms with van der Waals surface area (Å²) >= 11 is 0. The largest absolute Gasteiger partial charge is 0.508 e. The van der Waals surface area contributed by atoms with E-state index in [1.54, 1.807) is 6.92 Å². The molecule has 0 heterocycles. The molecule has 64 valence electrons. The van der Waals surface area contributed by atoms with Gasteiger partial charge in [-0.25, -0.2) is 4.79 Å². The minimum absolute atomic E-state index is 0.00407. The third-order valence-corrected chi connectivity index (χ3v) is 1.67. The molecular formula is C8H9NO3. The molecule has 0 aliphatic carbocycles. The Morgan fingerprint density at radius 2 is 2.08 bits per heavy atom. The van der Waals surface area contributed by atoms with Crippen molar-refractivity contribution >= 4 is 11.7 Å². The summed E-state index contributed by atoms with van der Waals surface area (Å²) in [6.45, 7) is 1.62. The van der Waals surface area contributed by atoms with E-state index in [4.69, 9.17) is 10.8 Å². The Balaban J connectivity index is 3.31. The van der Waals surface area contributed by atoms with Gasteiger partial charge in [0.2, 0.25) is 0 Å². The molecule has 0 aliphatic heterocycles. The fourth-order valence-corrected chi connectivity index (χ4v) is 0.844.